The number of halogens is 1. The quantitative estimate of drug-likeness (QED) is 0.538. The van der Waals surface area contributed by atoms with Crippen LogP contribution in [-0.4, -0.2) is 11.6 Å². The van der Waals surface area contributed by atoms with E-state index in [2.05, 4.69) is 10.6 Å². The highest BCUT2D eigenvalue weighted by atomic mass is 35.5. The van der Waals surface area contributed by atoms with Gasteiger partial charge in [0, 0.05) is 23.2 Å². The fourth-order valence-electron chi connectivity index (χ4n) is 2.87. The molecule has 0 bridgehead atoms. The third kappa shape index (κ3) is 4.79. The van der Waals surface area contributed by atoms with Crippen molar-refractivity contribution in [2.45, 2.75) is 38.8 Å². The first-order chi connectivity index (χ1) is 12.3. The Morgan fingerprint density at radius 2 is 1.77 bits per heavy atom. The first-order valence-electron chi connectivity index (χ1n) is 8.62. The zero-order valence-electron chi connectivity index (χ0n) is 15.2. The van der Waals surface area contributed by atoms with Crippen LogP contribution >= 0.6 is 11.6 Å². The molecule has 0 radical (unpaired) electrons. The largest absolute Gasteiger partial charge is 0.457 e. The number of nitrogens with one attached hydrogen (secondary N) is 2. The number of hydrogen-bond donors (Lipinski definition) is 2. The van der Waals surface area contributed by atoms with Crippen LogP contribution in [0.4, 0.5) is 11.4 Å². The molecule has 0 spiro atoms. The minimum Gasteiger partial charge on any atom is -0.457 e. The summed E-state index contributed by atoms with van der Waals surface area (Å²) in [7, 11) is 0. The van der Waals surface area contributed by atoms with Gasteiger partial charge in [-0.15, -0.1) is 0 Å². The fraction of sp³-hybridized carbons (Fsp3) is 0.286. The molecule has 5 heteroatoms. The summed E-state index contributed by atoms with van der Waals surface area (Å²) in [4.78, 5) is 12.3. The number of fused-ring (bicyclic) bond motifs is 1. The number of rotatable bonds is 2. The highest BCUT2D eigenvalue weighted by Crippen LogP contribution is 2.35. The summed E-state index contributed by atoms with van der Waals surface area (Å²) in [6.45, 7) is 5.58. The summed E-state index contributed by atoms with van der Waals surface area (Å²) in [5.41, 5.74) is 3.29. The van der Waals surface area contributed by atoms with Gasteiger partial charge in [-0.25, -0.2) is 4.79 Å². The SMILES string of the molecule is CC(C)(C)OC(=O)/C=C1/CC(c2ccc(Cl)cc2)Nc2ccccc2N1. The number of para-hydroxylation sites is 2. The second-order valence-electron chi connectivity index (χ2n) is 7.33. The Kier molecular flexibility index (Phi) is 5.23. The van der Waals surface area contributed by atoms with Crippen molar-refractivity contribution < 1.29 is 9.53 Å². The maximum absolute atomic E-state index is 12.3. The third-order valence-electron chi connectivity index (χ3n) is 3.95. The molecule has 1 atom stereocenters. The smallest absolute Gasteiger partial charge is 0.333 e. The van der Waals surface area contributed by atoms with Gasteiger partial charge in [0.15, 0.2) is 0 Å². The van der Waals surface area contributed by atoms with Gasteiger partial charge in [-0.3, -0.25) is 0 Å². The van der Waals surface area contributed by atoms with Crippen LogP contribution in [-0.2, 0) is 9.53 Å². The molecule has 0 saturated heterocycles. The van der Waals surface area contributed by atoms with Gasteiger partial charge in [0.05, 0.1) is 17.4 Å². The Morgan fingerprint density at radius 1 is 1.12 bits per heavy atom. The van der Waals surface area contributed by atoms with Gasteiger partial charge < -0.3 is 15.4 Å². The summed E-state index contributed by atoms with van der Waals surface area (Å²) in [6, 6.07) is 15.7. The molecule has 1 heterocycles. The van der Waals surface area contributed by atoms with Gasteiger partial charge >= 0.3 is 5.97 Å². The molecule has 0 fully saturated rings. The standard InChI is InChI=1S/C21H23ClN2O2/c1-21(2,3)26-20(25)13-16-12-19(14-8-10-15(22)11-9-14)24-18-7-5-4-6-17(18)23-16/h4-11,13,19,23-24H,12H2,1-3H3/b16-13-. The van der Waals surface area contributed by atoms with Crippen LogP contribution in [0.3, 0.4) is 0 Å². The van der Waals surface area contributed by atoms with E-state index in [1.807, 2.05) is 69.3 Å². The van der Waals surface area contributed by atoms with Crippen molar-refractivity contribution in [1.29, 1.82) is 0 Å². The number of ether oxygens (including phenoxy) is 1. The molecule has 4 nitrogen and oxygen atoms in total. The lowest BCUT2D eigenvalue weighted by atomic mass is 10.0. The van der Waals surface area contributed by atoms with Crippen LogP contribution in [0.2, 0.25) is 5.02 Å². The summed E-state index contributed by atoms with van der Waals surface area (Å²) < 4.78 is 5.43. The van der Waals surface area contributed by atoms with Gasteiger partial charge in [0.1, 0.15) is 5.60 Å². The van der Waals surface area contributed by atoms with Gasteiger partial charge in [-0.1, -0.05) is 35.9 Å². The molecule has 3 rings (SSSR count). The Balaban J connectivity index is 1.92. The summed E-state index contributed by atoms with van der Waals surface area (Å²) in [6.07, 6.45) is 2.16. The second-order valence-corrected chi connectivity index (χ2v) is 7.76. The molecule has 2 aromatic rings. The van der Waals surface area contributed by atoms with Crippen LogP contribution in [0.25, 0.3) is 0 Å². The predicted molar refractivity (Wildman–Crippen MR) is 106 cm³/mol. The normalized spacial score (nSPS) is 18.3. The van der Waals surface area contributed by atoms with Gasteiger partial charge in [0.25, 0.3) is 0 Å². The number of esters is 1. The molecule has 2 aromatic carbocycles. The molecular formula is C21H23ClN2O2. The molecule has 1 unspecified atom stereocenters. The van der Waals surface area contributed by atoms with E-state index < -0.39 is 5.60 Å². The van der Waals surface area contributed by atoms with E-state index in [4.69, 9.17) is 16.3 Å². The molecule has 26 heavy (non-hydrogen) atoms. The van der Waals surface area contributed by atoms with Crippen molar-refractivity contribution in [1.82, 2.24) is 0 Å². The number of anilines is 2. The van der Waals surface area contributed by atoms with E-state index in [-0.39, 0.29) is 12.0 Å². The summed E-state index contributed by atoms with van der Waals surface area (Å²) in [5, 5.41) is 7.61. The Bertz CT molecular complexity index is 823. The molecule has 0 saturated carbocycles. The van der Waals surface area contributed by atoms with E-state index in [0.29, 0.717) is 11.4 Å². The van der Waals surface area contributed by atoms with Crippen LogP contribution in [0.5, 0.6) is 0 Å². The number of carbonyl (C=O) groups excluding carboxylic acids is 1. The predicted octanol–water partition coefficient (Wildman–Crippen LogP) is 5.53. The Morgan fingerprint density at radius 3 is 2.42 bits per heavy atom. The number of benzene rings is 2. The summed E-state index contributed by atoms with van der Waals surface area (Å²) >= 11 is 6.02. The van der Waals surface area contributed by atoms with E-state index >= 15 is 0 Å². The van der Waals surface area contributed by atoms with Crippen molar-refractivity contribution in [2.24, 2.45) is 0 Å². The monoisotopic (exact) mass is 370 g/mol. The topological polar surface area (TPSA) is 50.4 Å². The van der Waals surface area contributed by atoms with Crippen LogP contribution < -0.4 is 10.6 Å². The third-order valence-corrected chi connectivity index (χ3v) is 4.20. The number of hydrogen-bond acceptors (Lipinski definition) is 4. The Labute approximate surface area is 159 Å². The van der Waals surface area contributed by atoms with E-state index in [0.717, 1.165) is 22.6 Å². The lowest BCUT2D eigenvalue weighted by Gasteiger charge is -2.20. The Hall–Kier alpha value is -2.46. The lowest BCUT2D eigenvalue weighted by Crippen LogP contribution is -2.23. The molecule has 0 aromatic heterocycles. The first kappa shape index (κ1) is 18.3. The van der Waals surface area contributed by atoms with Crippen molar-refractivity contribution in [3.63, 3.8) is 0 Å². The molecule has 0 aliphatic carbocycles. The molecule has 136 valence electrons. The highest BCUT2D eigenvalue weighted by Gasteiger charge is 2.22. The van der Waals surface area contributed by atoms with E-state index in [1.165, 1.54) is 6.08 Å². The molecule has 1 aliphatic heterocycles. The summed E-state index contributed by atoms with van der Waals surface area (Å²) in [5.74, 6) is -0.353. The number of carbonyl (C=O) groups is 1. The fourth-order valence-corrected chi connectivity index (χ4v) is 2.99. The zero-order chi connectivity index (χ0) is 18.7. The molecular weight excluding hydrogens is 348 g/mol. The maximum atomic E-state index is 12.3. The average Bonchev–Trinajstić information content (AvgIpc) is 2.72. The van der Waals surface area contributed by atoms with E-state index in [9.17, 15) is 4.79 Å². The molecule has 2 N–H and O–H groups in total. The van der Waals surface area contributed by atoms with Crippen molar-refractivity contribution >= 4 is 28.9 Å². The minimum absolute atomic E-state index is 0.0112. The highest BCUT2D eigenvalue weighted by molar-refractivity contribution is 6.30. The minimum atomic E-state index is -0.523. The second kappa shape index (κ2) is 7.42. The maximum Gasteiger partial charge on any atom is 0.333 e. The van der Waals surface area contributed by atoms with Crippen molar-refractivity contribution in [3.05, 3.63) is 70.9 Å². The van der Waals surface area contributed by atoms with E-state index in [1.54, 1.807) is 0 Å². The van der Waals surface area contributed by atoms with Crippen molar-refractivity contribution in [3.8, 4) is 0 Å². The van der Waals surface area contributed by atoms with Crippen LogP contribution in [0.15, 0.2) is 60.3 Å². The first-order valence-corrected chi connectivity index (χ1v) is 8.99. The zero-order valence-corrected chi connectivity index (χ0v) is 15.9. The average molecular weight is 371 g/mol. The van der Waals surface area contributed by atoms with Gasteiger partial charge in [-0.2, -0.15) is 0 Å². The van der Waals surface area contributed by atoms with Gasteiger partial charge in [0.2, 0.25) is 0 Å². The van der Waals surface area contributed by atoms with Crippen LogP contribution in [0.1, 0.15) is 38.8 Å². The molecule has 1 aliphatic rings. The lowest BCUT2D eigenvalue weighted by molar-refractivity contribution is -0.148. The van der Waals surface area contributed by atoms with Crippen molar-refractivity contribution in [2.75, 3.05) is 10.6 Å². The van der Waals surface area contributed by atoms with Crippen LogP contribution in [0, 0.1) is 0 Å². The van der Waals surface area contributed by atoms with Gasteiger partial charge in [-0.05, 0) is 50.6 Å². The molecule has 0 amide bonds.